The van der Waals surface area contributed by atoms with Crippen LogP contribution < -0.4 is 11.2 Å². The molecular weight excluding hydrogens is 354 g/mol. The van der Waals surface area contributed by atoms with E-state index in [1.165, 1.54) is 44.9 Å². The van der Waals surface area contributed by atoms with Gasteiger partial charge in [-0.05, 0) is 93.2 Å². The van der Waals surface area contributed by atoms with Crippen LogP contribution in [0.15, 0.2) is 5.10 Å². The van der Waals surface area contributed by atoms with Gasteiger partial charge in [-0.1, -0.05) is 26.7 Å². The SMILES string of the molecule is CC(=NNC(N)=S)C1CCC2C3CCC4CCCCC4(C)C3CC(O)C12C. The first-order valence-electron chi connectivity index (χ1n) is 11.1. The minimum absolute atomic E-state index is 0.0650. The van der Waals surface area contributed by atoms with Crippen molar-refractivity contribution in [3.63, 3.8) is 0 Å². The summed E-state index contributed by atoms with van der Waals surface area (Å²) in [5, 5.41) is 16.1. The first kappa shape index (κ1) is 19.6. The van der Waals surface area contributed by atoms with Gasteiger partial charge in [-0.25, -0.2) is 0 Å². The van der Waals surface area contributed by atoms with E-state index >= 15 is 0 Å². The van der Waals surface area contributed by atoms with Crippen molar-refractivity contribution in [2.75, 3.05) is 0 Å². The van der Waals surface area contributed by atoms with Crippen molar-refractivity contribution in [3.8, 4) is 0 Å². The number of hydrogen-bond acceptors (Lipinski definition) is 3. The van der Waals surface area contributed by atoms with Crippen LogP contribution in [0, 0.1) is 40.4 Å². The Morgan fingerprint density at radius 2 is 1.89 bits per heavy atom. The number of fused-ring (bicyclic) bond motifs is 5. The minimum Gasteiger partial charge on any atom is -0.393 e. The zero-order valence-corrected chi connectivity index (χ0v) is 18.0. The standard InChI is InChI=1S/C22H37N3OS/c1-13(24-25-20(23)27)16-9-10-17-15-8-7-14-6-4-5-11-21(14,2)18(15)12-19(26)22(16,17)3/h14-19,26H,4-12H2,1-3H3,(H3,23,25,27). The molecule has 8 unspecified atom stereocenters. The topological polar surface area (TPSA) is 70.6 Å². The average Bonchev–Trinajstić information content (AvgIpc) is 2.99. The Kier molecular flexibility index (Phi) is 5.07. The third-order valence-electron chi connectivity index (χ3n) is 9.54. The number of nitrogens with one attached hydrogen (secondary N) is 1. The molecule has 0 radical (unpaired) electrons. The summed E-state index contributed by atoms with van der Waals surface area (Å²) in [6, 6.07) is 0. The molecule has 0 aromatic heterocycles. The Balaban J connectivity index is 1.62. The molecule has 4 saturated carbocycles. The van der Waals surface area contributed by atoms with Crippen LogP contribution in [-0.4, -0.2) is 22.0 Å². The normalized spacial score (nSPS) is 49.7. The number of rotatable bonds is 2. The van der Waals surface area contributed by atoms with Gasteiger partial charge in [-0.3, -0.25) is 5.43 Å². The molecule has 4 N–H and O–H groups in total. The molecular formula is C22H37N3OS. The van der Waals surface area contributed by atoms with Crippen LogP contribution in [0.4, 0.5) is 0 Å². The van der Waals surface area contributed by atoms with E-state index < -0.39 is 0 Å². The second-order valence-electron chi connectivity index (χ2n) is 10.4. The predicted molar refractivity (Wildman–Crippen MR) is 114 cm³/mol. The number of hydrazone groups is 1. The maximum atomic E-state index is 11.5. The average molecular weight is 392 g/mol. The molecule has 4 nitrogen and oxygen atoms in total. The number of aliphatic hydroxyl groups excluding tert-OH is 1. The van der Waals surface area contributed by atoms with E-state index in [9.17, 15) is 5.11 Å². The van der Waals surface area contributed by atoms with Gasteiger partial charge in [-0.15, -0.1) is 0 Å². The largest absolute Gasteiger partial charge is 0.393 e. The Labute approximate surface area is 169 Å². The summed E-state index contributed by atoms with van der Waals surface area (Å²) in [7, 11) is 0. The molecule has 4 aliphatic rings. The zero-order valence-electron chi connectivity index (χ0n) is 17.2. The van der Waals surface area contributed by atoms with Gasteiger partial charge in [0.1, 0.15) is 0 Å². The zero-order chi connectivity index (χ0) is 19.4. The fourth-order valence-corrected chi connectivity index (χ4v) is 8.20. The highest BCUT2D eigenvalue weighted by Crippen LogP contribution is 2.67. The van der Waals surface area contributed by atoms with Crippen molar-refractivity contribution in [2.24, 2.45) is 51.3 Å². The van der Waals surface area contributed by atoms with E-state index in [2.05, 4.69) is 31.3 Å². The van der Waals surface area contributed by atoms with Gasteiger partial charge in [0.25, 0.3) is 0 Å². The Morgan fingerprint density at radius 1 is 1.11 bits per heavy atom. The number of nitrogens with zero attached hydrogens (tertiary/aromatic N) is 1. The minimum atomic E-state index is -0.233. The van der Waals surface area contributed by atoms with Crippen LogP contribution in [0.25, 0.3) is 0 Å². The molecule has 4 rings (SSSR count). The number of aliphatic hydroxyl groups is 1. The first-order chi connectivity index (χ1) is 12.8. The fraction of sp³-hybridized carbons (Fsp3) is 0.909. The maximum absolute atomic E-state index is 11.5. The highest BCUT2D eigenvalue weighted by atomic mass is 32.1. The van der Waals surface area contributed by atoms with E-state index in [0.29, 0.717) is 23.2 Å². The third-order valence-corrected chi connectivity index (χ3v) is 9.63. The van der Waals surface area contributed by atoms with Crippen LogP contribution in [0.2, 0.25) is 0 Å². The lowest BCUT2D eigenvalue weighted by atomic mass is 9.44. The number of thiocarbonyl (C=S) groups is 1. The smallest absolute Gasteiger partial charge is 0.184 e. The molecule has 0 aromatic rings. The summed E-state index contributed by atoms with van der Waals surface area (Å²) in [4.78, 5) is 0. The Bertz CT molecular complexity index is 637. The molecule has 5 heteroatoms. The van der Waals surface area contributed by atoms with Crippen molar-refractivity contribution in [3.05, 3.63) is 0 Å². The van der Waals surface area contributed by atoms with E-state index in [1.807, 2.05) is 0 Å². The third kappa shape index (κ3) is 2.95. The second-order valence-corrected chi connectivity index (χ2v) is 10.8. The lowest BCUT2D eigenvalue weighted by molar-refractivity contribution is -0.157. The van der Waals surface area contributed by atoms with Gasteiger partial charge in [0.05, 0.1) is 6.10 Å². The van der Waals surface area contributed by atoms with Gasteiger partial charge in [0, 0.05) is 17.0 Å². The van der Waals surface area contributed by atoms with Crippen molar-refractivity contribution in [2.45, 2.75) is 84.7 Å². The van der Waals surface area contributed by atoms with Gasteiger partial charge in [-0.2, -0.15) is 5.10 Å². The van der Waals surface area contributed by atoms with Gasteiger partial charge in [0.15, 0.2) is 5.11 Å². The highest BCUT2D eigenvalue weighted by molar-refractivity contribution is 7.80. The molecule has 0 aliphatic heterocycles. The highest BCUT2D eigenvalue weighted by Gasteiger charge is 2.63. The Morgan fingerprint density at radius 3 is 2.63 bits per heavy atom. The predicted octanol–water partition coefficient (Wildman–Crippen LogP) is 4.22. The van der Waals surface area contributed by atoms with E-state index in [4.69, 9.17) is 18.0 Å². The van der Waals surface area contributed by atoms with E-state index in [0.717, 1.165) is 30.4 Å². The molecule has 0 saturated heterocycles. The van der Waals surface area contributed by atoms with Crippen molar-refractivity contribution in [1.82, 2.24) is 5.43 Å². The monoisotopic (exact) mass is 391 g/mol. The quantitative estimate of drug-likeness (QED) is 0.374. The second kappa shape index (κ2) is 6.98. The molecule has 4 fully saturated rings. The van der Waals surface area contributed by atoms with Gasteiger partial charge in [0.2, 0.25) is 0 Å². The lowest BCUT2D eigenvalue weighted by Gasteiger charge is -2.61. The fourth-order valence-electron chi connectivity index (χ4n) is 8.16. The van der Waals surface area contributed by atoms with Crippen LogP contribution in [0.5, 0.6) is 0 Å². The lowest BCUT2D eigenvalue weighted by Crippen LogP contribution is -2.58. The molecule has 4 aliphatic carbocycles. The first-order valence-corrected chi connectivity index (χ1v) is 11.5. The van der Waals surface area contributed by atoms with Crippen LogP contribution >= 0.6 is 12.2 Å². The summed E-state index contributed by atoms with van der Waals surface area (Å²) < 4.78 is 0. The van der Waals surface area contributed by atoms with Gasteiger partial charge >= 0.3 is 0 Å². The van der Waals surface area contributed by atoms with Crippen molar-refractivity contribution < 1.29 is 5.11 Å². The maximum Gasteiger partial charge on any atom is 0.184 e. The van der Waals surface area contributed by atoms with E-state index in [1.54, 1.807) is 0 Å². The molecule has 152 valence electrons. The summed E-state index contributed by atoms with van der Waals surface area (Å²) in [5.74, 6) is 3.30. The number of hydrogen-bond donors (Lipinski definition) is 3. The van der Waals surface area contributed by atoms with Crippen LogP contribution in [-0.2, 0) is 0 Å². The molecule has 0 aromatic carbocycles. The van der Waals surface area contributed by atoms with Crippen LogP contribution in [0.3, 0.4) is 0 Å². The van der Waals surface area contributed by atoms with Crippen molar-refractivity contribution >= 4 is 23.0 Å². The summed E-state index contributed by atoms with van der Waals surface area (Å²) in [5.41, 5.74) is 9.76. The van der Waals surface area contributed by atoms with Gasteiger partial charge < -0.3 is 10.8 Å². The van der Waals surface area contributed by atoms with E-state index in [-0.39, 0.29) is 16.6 Å². The molecule has 0 amide bonds. The molecule has 0 spiro atoms. The number of nitrogens with two attached hydrogens (primary N) is 1. The van der Waals surface area contributed by atoms with Crippen molar-refractivity contribution in [1.29, 1.82) is 0 Å². The molecule has 8 atom stereocenters. The Hall–Kier alpha value is -0.680. The molecule has 0 bridgehead atoms. The summed E-state index contributed by atoms with van der Waals surface area (Å²) >= 11 is 4.91. The molecule has 0 heterocycles. The summed E-state index contributed by atoms with van der Waals surface area (Å²) in [6.07, 6.45) is 11.4. The molecule has 27 heavy (non-hydrogen) atoms. The van der Waals surface area contributed by atoms with Crippen LogP contribution in [0.1, 0.15) is 78.6 Å². The summed E-state index contributed by atoms with van der Waals surface area (Å²) in [6.45, 7) is 6.97.